The first kappa shape index (κ1) is 37.0. The number of likely N-dealkylation sites (N-methyl/N-ethyl adjacent to an activating group) is 2. The van der Waals surface area contributed by atoms with Crippen molar-refractivity contribution in [2.75, 3.05) is 76.1 Å². The number of hydrogen-bond donors (Lipinski definition) is 2. The van der Waals surface area contributed by atoms with E-state index in [-0.39, 0.29) is 16.9 Å². The average molecular weight is 698 g/mol. The molecule has 0 bridgehead atoms. The molecule has 10 nitrogen and oxygen atoms in total. The number of anilines is 3. The Kier molecular flexibility index (Phi) is 11.3. The number of piperazine rings is 1. The molecule has 2 aliphatic heterocycles. The molecule has 0 aliphatic carbocycles. The van der Waals surface area contributed by atoms with Gasteiger partial charge in [-0.2, -0.15) is 0 Å². The van der Waals surface area contributed by atoms with E-state index in [0.29, 0.717) is 41.2 Å². The van der Waals surface area contributed by atoms with Crippen molar-refractivity contribution in [2.24, 2.45) is 0 Å². The van der Waals surface area contributed by atoms with Crippen LogP contribution in [0.1, 0.15) is 47.8 Å². The van der Waals surface area contributed by atoms with Crippen LogP contribution in [0.2, 0.25) is 18.1 Å². The van der Waals surface area contributed by atoms with Gasteiger partial charge in [-0.15, -0.1) is 0 Å². The van der Waals surface area contributed by atoms with Crippen molar-refractivity contribution in [3.05, 3.63) is 89.0 Å². The van der Waals surface area contributed by atoms with Gasteiger partial charge in [0.25, 0.3) is 5.91 Å². The number of esters is 1. The number of rotatable bonds is 11. The molecule has 266 valence electrons. The van der Waals surface area contributed by atoms with Gasteiger partial charge in [-0.1, -0.05) is 45.0 Å². The number of methoxy groups -OCH3 is 1. The Morgan fingerprint density at radius 2 is 1.58 bits per heavy atom. The van der Waals surface area contributed by atoms with Gasteiger partial charge in [0, 0.05) is 62.5 Å². The average Bonchev–Trinajstić information content (AvgIpc) is 3.42. The predicted octanol–water partition coefficient (Wildman–Crippen LogP) is 6.18. The number of amides is 2. The topological polar surface area (TPSA) is 103 Å². The van der Waals surface area contributed by atoms with Crippen LogP contribution in [-0.2, 0) is 25.2 Å². The van der Waals surface area contributed by atoms with Crippen molar-refractivity contribution in [3.63, 3.8) is 0 Å². The molecule has 0 unspecified atom stereocenters. The van der Waals surface area contributed by atoms with E-state index in [1.165, 1.54) is 7.11 Å². The van der Waals surface area contributed by atoms with Gasteiger partial charge in [-0.25, -0.2) is 4.79 Å². The number of nitrogens with zero attached hydrogens (tertiary/aromatic N) is 3. The fourth-order valence-electron chi connectivity index (χ4n) is 5.78. The molecule has 50 heavy (non-hydrogen) atoms. The van der Waals surface area contributed by atoms with Gasteiger partial charge in [0.05, 0.1) is 30.5 Å². The number of nitrogens with one attached hydrogen (secondary N) is 2. The highest BCUT2D eigenvalue weighted by atomic mass is 28.4. The maximum Gasteiger partial charge on any atom is 0.337 e. The van der Waals surface area contributed by atoms with Gasteiger partial charge in [-0.05, 0) is 85.2 Å². The van der Waals surface area contributed by atoms with E-state index in [4.69, 9.17) is 9.16 Å². The molecule has 0 atom stereocenters. The third-order valence-corrected chi connectivity index (χ3v) is 14.7. The van der Waals surface area contributed by atoms with Gasteiger partial charge >= 0.3 is 5.97 Å². The normalized spacial score (nSPS) is 16.4. The van der Waals surface area contributed by atoms with Crippen LogP contribution >= 0.6 is 0 Å². The van der Waals surface area contributed by atoms with Crippen LogP contribution in [0.4, 0.5) is 17.1 Å². The molecule has 0 radical (unpaired) electrons. The zero-order valence-electron chi connectivity index (χ0n) is 30.7. The minimum atomic E-state index is -1.86. The smallest absolute Gasteiger partial charge is 0.337 e. The lowest BCUT2D eigenvalue weighted by atomic mass is 9.97. The van der Waals surface area contributed by atoms with E-state index >= 15 is 0 Å². The standard InChI is InChI=1S/C39H51N5O5Si/c1-39(2,3)50(7,8)49-24-19-27-9-11-28(12-10-27)36(35-32-25-29(38(47)48-6)13-18-33(32)41-37(35)46)40-30-14-16-31(17-15-30)43(5)34(45)26-44-22-20-42(4)21-23-44/h9-18,25,40H,19-24,26H2,1-8H3,(H,41,46)/b36-35-. The summed E-state index contributed by atoms with van der Waals surface area (Å²) in [5, 5.41) is 6.60. The molecule has 0 spiro atoms. The number of hydrogen-bond acceptors (Lipinski definition) is 8. The van der Waals surface area contributed by atoms with Crippen LogP contribution in [0.25, 0.3) is 11.3 Å². The van der Waals surface area contributed by atoms with Crippen LogP contribution in [0.3, 0.4) is 0 Å². The fraction of sp³-hybridized carbons (Fsp3) is 0.410. The van der Waals surface area contributed by atoms with Gasteiger partial charge in [0.15, 0.2) is 8.32 Å². The highest BCUT2D eigenvalue weighted by Crippen LogP contribution is 2.39. The Bertz CT molecular complexity index is 1740. The molecule has 2 amide bonds. The lowest BCUT2D eigenvalue weighted by Gasteiger charge is -2.36. The molecule has 11 heteroatoms. The minimum Gasteiger partial charge on any atom is -0.465 e. The van der Waals surface area contributed by atoms with Crippen LogP contribution in [0.15, 0.2) is 66.7 Å². The van der Waals surface area contributed by atoms with Crippen LogP contribution in [-0.4, -0.2) is 96.4 Å². The molecule has 0 saturated carbocycles. The summed E-state index contributed by atoms with van der Waals surface area (Å²) in [5.74, 6) is -0.720. The van der Waals surface area contributed by atoms with Gasteiger partial charge in [-0.3, -0.25) is 14.5 Å². The van der Waals surface area contributed by atoms with Crippen molar-refractivity contribution in [1.29, 1.82) is 0 Å². The summed E-state index contributed by atoms with van der Waals surface area (Å²) in [6.45, 7) is 15.9. The maximum absolute atomic E-state index is 13.6. The van der Waals surface area contributed by atoms with E-state index in [2.05, 4.69) is 73.5 Å². The number of carbonyl (C=O) groups excluding carboxylic acids is 3. The van der Waals surface area contributed by atoms with E-state index in [0.717, 1.165) is 55.1 Å². The third-order valence-electron chi connectivity index (χ3n) is 10.2. The van der Waals surface area contributed by atoms with Gasteiger partial charge in [0.1, 0.15) is 0 Å². The summed E-state index contributed by atoms with van der Waals surface area (Å²) in [6.07, 6.45) is 0.778. The second kappa shape index (κ2) is 15.3. The van der Waals surface area contributed by atoms with Gasteiger partial charge in [0.2, 0.25) is 5.91 Å². The molecular formula is C39H51N5O5Si. The molecular weight excluding hydrogens is 647 g/mol. The fourth-order valence-corrected chi connectivity index (χ4v) is 6.82. The number of benzene rings is 3. The first-order valence-electron chi connectivity index (χ1n) is 17.2. The van der Waals surface area contributed by atoms with E-state index in [9.17, 15) is 14.4 Å². The summed E-state index contributed by atoms with van der Waals surface area (Å²) < 4.78 is 11.4. The minimum absolute atomic E-state index is 0.0357. The highest BCUT2D eigenvalue weighted by molar-refractivity contribution is 6.74. The first-order chi connectivity index (χ1) is 23.7. The first-order valence-corrected chi connectivity index (χ1v) is 20.1. The number of carbonyl (C=O) groups is 3. The molecule has 5 rings (SSSR count). The summed E-state index contributed by atoms with van der Waals surface area (Å²) in [5.41, 5.74) is 6.06. The SMILES string of the molecule is COC(=O)c1ccc2c(c1)/C(=C(/Nc1ccc(N(C)C(=O)CN3CCN(C)CC3)cc1)c1ccc(CCO[Si](C)(C)C(C)(C)C)cc1)C(=O)N2. The Morgan fingerprint density at radius 1 is 0.940 bits per heavy atom. The lowest BCUT2D eigenvalue weighted by Crippen LogP contribution is -2.48. The van der Waals surface area contributed by atoms with Crippen LogP contribution in [0, 0.1) is 0 Å². The molecule has 0 aromatic heterocycles. The van der Waals surface area contributed by atoms with E-state index < -0.39 is 14.3 Å². The summed E-state index contributed by atoms with van der Waals surface area (Å²) in [7, 11) is 3.38. The van der Waals surface area contributed by atoms with Crippen LogP contribution in [0.5, 0.6) is 0 Å². The summed E-state index contributed by atoms with van der Waals surface area (Å²) in [4.78, 5) is 45.3. The van der Waals surface area contributed by atoms with Crippen LogP contribution < -0.4 is 15.5 Å². The summed E-state index contributed by atoms with van der Waals surface area (Å²) >= 11 is 0. The van der Waals surface area contributed by atoms with Crippen molar-refractivity contribution in [2.45, 2.75) is 45.3 Å². The maximum atomic E-state index is 13.6. The molecule has 3 aromatic rings. The Balaban J connectivity index is 1.41. The Morgan fingerprint density at radius 3 is 2.20 bits per heavy atom. The molecule has 2 N–H and O–H groups in total. The largest absolute Gasteiger partial charge is 0.465 e. The van der Waals surface area contributed by atoms with Gasteiger partial charge < -0.3 is 29.6 Å². The Hall–Kier alpha value is -4.29. The van der Waals surface area contributed by atoms with Crippen molar-refractivity contribution >= 4 is 54.4 Å². The zero-order valence-corrected chi connectivity index (χ0v) is 31.7. The second-order valence-electron chi connectivity index (χ2n) is 14.7. The molecule has 2 heterocycles. The Labute approximate surface area is 297 Å². The monoisotopic (exact) mass is 697 g/mol. The molecule has 1 saturated heterocycles. The predicted molar refractivity (Wildman–Crippen MR) is 204 cm³/mol. The van der Waals surface area contributed by atoms with Crippen molar-refractivity contribution < 1.29 is 23.5 Å². The highest BCUT2D eigenvalue weighted by Gasteiger charge is 2.37. The number of fused-ring (bicyclic) bond motifs is 1. The molecule has 3 aromatic carbocycles. The lowest BCUT2D eigenvalue weighted by molar-refractivity contribution is -0.119. The van der Waals surface area contributed by atoms with E-state index in [1.807, 2.05) is 36.4 Å². The molecule has 2 aliphatic rings. The number of ether oxygens (including phenoxy) is 1. The summed E-state index contributed by atoms with van der Waals surface area (Å²) in [6, 6.07) is 20.8. The van der Waals surface area contributed by atoms with E-state index in [1.54, 1.807) is 30.1 Å². The zero-order chi connectivity index (χ0) is 36.2. The van der Waals surface area contributed by atoms with Crippen molar-refractivity contribution in [1.82, 2.24) is 9.80 Å². The molecule has 1 fully saturated rings. The quantitative estimate of drug-likeness (QED) is 0.139. The third kappa shape index (κ3) is 8.52. The second-order valence-corrected chi connectivity index (χ2v) is 19.5. The van der Waals surface area contributed by atoms with Crippen molar-refractivity contribution in [3.8, 4) is 0 Å².